The van der Waals surface area contributed by atoms with E-state index in [1.54, 1.807) is 39.0 Å². The van der Waals surface area contributed by atoms with E-state index >= 15 is 0 Å². The molecular weight excluding hydrogens is 451 g/mol. The van der Waals surface area contributed by atoms with Gasteiger partial charge < -0.3 is 14.8 Å². The maximum atomic E-state index is 13.3. The van der Waals surface area contributed by atoms with Crippen LogP contribution in [0.4, 0.5) is 23.7 Å². The van der Waals surface area contributed by atoms with Gasteiger partial charge in [-0.25, -0.2) is 9.59 Å². The van der Waals surface area contributed by atoms with Crippen LogP contribution in [0.1, 0.15) is 49.9 Å². The van der Waals surface area contributed by atoms with Gasteiger partial charge in [0.25, 0.3) is 0 Å². The van der Waals surface area contributed by atoms with Gasteiger partial charge in [0.15, 0.2) is 5.54 Å². The first-order chi connectivity index (χ1) is 15.7. The third-order valence-electron chi connectivity index (χ3n) is 5.44. The van der Waals surface area contributed by atoms with E-state index < -0.39 is 40.4 Å². The molecule has 10 heteroatoms. The Morgan fingerprint density at radius 2 is 1.82 bits per heavy atom. The van der Waals surface area contributed by atoms with Gasteiger partial charge in [0.1, 0.15) is 11.4 Å². The van der Waals surface area contributed by atoms with Gasteiger partial charge in [-0.2, -0.15) is 18.4 Å². The third-order valence-corrected chi connectivity index (χ3v) is 5.44. The normalized spacial score (nSPS) is 17.6. The monoisotopic (exact) mass is 475 g/mol. The number of ether oxygens (including phenoxy) is 2. The van der Waals surface area contributed by atoms with Crippen molar-refractivity contribution in [3.05, 3.63) is 58.7 Å². The van der Waals surface area contributed by atoms with Crippen LogP contribution >= 0.6 is 0 Å². The van der Waals surface area contributed by atoms with E-state index in [0.29, 0.717) is 22.9 Å². The molecule has 0 radical (unpaired) electrons. The van der Waals surface area contributed by atoms with Gasteiger partial charge in [-0.05, 0) is 69.2 Å². The number of rotatable bonds is 3. The molecule has 180 valence electrons. The topological polar surface area (TPSA) is 91.7 Å². The first-order valence-electron chi connectivity index (χ1n) is 10.3. The number of nitriles is 1. The summed E-state index contributed by atoms with van der Waals surface area (Å²) in [4.78, 5) is 27.7. The Labute approximate surface area is 195 Å². The highest BCUT2D eigenvalue weighted by Crippen LogP contribution is 2.43. The van der Waals surface area contributed by atoms with Gasteiger partial charge in [-0.15, -0.1) is 0 Å². The average molecular weight is 475 g/mol. The Balaban J connectivity index is 2.01. The fraction of sp³-hybridized carbons (Fsp3) is 0.375. The zero-order valence-corrected chi connectivity index (χ0v) is 19.3. The summed E-state index contributed by atoms with van der Waals surface area (Å²) in [5, 5.41) is 11.4. The van der Waals surface area contributed by atoms with E-state index in [2.05, 4.69) is 5.32 Å². The van der Waals surface area contributed by atoms with Crippen molar-refractivity contribution in [2.75, 3.05) is 12.4 Å². The van der Waals surface area contributed by atoms with Crippen molar-refractivity contribution in [1.29, 1.82) is 5.26 Å². The smallest absolute Gasteiger partial charge is 0.417 e. The molecule has 34 heavy (non-hydrogen) atoms. The molecule has 1 aliphatic rings. The van der Waals surface area contributed by atoms with Crippen LogP contribution in [0.15, 0.2) is 36.4 Å². The summed E-state index contributed by atoms with van der Waals surface area (Å²) in [6.07, 6.45) is -4.78. The maximum Gasteiger partial charge on any atom is 0.417 e. The molecule has 0 spiro atoms. The summed E-state index contributed by atoms with van der Waals surface area (Å²) in [5.74, 6) is -0.163. The van der Waals surface area contributed by atoms with E-state index in [9.17, 15) is 22.8 Å². The summed E-state index contributed by atoms with van der Waals surface area (Å²) >= 11 is 0. The first kappa shape index (κ1) is 24.9. The summed E-state index contributed by atoms with van der Waals surface area (Å²) in [5.41, 5.74) is -3.13. The number of benzene rings is 2. The highest BCUT2D eigenvalue weighted by atomic mass is 19.4. The molecule has 1 N–H and O–H groups in total. The second-order valence-corrected chi connectivity index (χ2v) is 8.98. The standard InChI is InChI=1S/C24H24F3N3O4/c1-22(2,3)34-20(31)23(4)18-9-8-17(33-5)10-15(18)13-30(23)21(32)29-16-7-6-14(12-28)19(11-16)24(25,26)27/h6-11H,13H2,1-5H3,(H,29,32). The Hall–Kier alpha value is -3.74. The lowest BCUT2D eigenvalue weighted by Gasteiger charge is -2.36. The van der Waals surface area contributed by atoms with Gasteiger partial charge in [-0.3, -0.25) is 4.90 Å². The SMILES string of the molecule is COc1ccc2c(c1)CN(C(=O)Nc1ccc(C#N)c(C(F)(F)F)c1)C2(C)C(=O)OC(C)(C)C. The summed E-state index contributed by atoms with van der Waals surface area (Å²) in [6.45, 7) is 6.60. The van der Waals surface area contributed by atoms with E-state index in [4.69, 9.17) is 14.7 Å². The number of halogens is 3. The lowest BCUT2D eigenvalue weighted by atomic mass is 9.91. The maximum absolute atomic E-state index is 13.3. The largest absolute Gasteiger partial charge is 0.497 e. The molecule has 0 fully saturated rings. The minimum Gasteiger partial charge on any atom is -0.497 e. The number of hydrogen-bond acceptors (Lipinski definition) is 5. The van der Waals surface area contributed by atoms with Crippen LogP contribution in [0.25, 0.3) is 0 Å². The van der Waals surface area contributed by atoms with Crippen LogP contribution in [-0.4, -0.2) is 29.6 Å². The van der Waals surface area contributed by atoms with E-state index in [1.165, 1.54) is 31.1 Å². The van der Waals surface area contributed by atoms with Gasteiger partial charge in [-0.1, -0.05) is 6.07 Å². The molecule has 0 saturated heterocycles. The van der Waals surface area contributed by atoms with Crippen molar-refractivity contribution in [3.8, 4) is 11.8 Å². The molecule has 2 amide bonds. The Morgan fingerprint density at radius 1 is 1.15 bits per heavy atom. The molecule has 0 aromatic heterocycles. The van der Waals surface area contributed by atoms with Gasteiger partial charge in [0.2, 0.25) is 0 Å². The Kier molecular flexibility index (Phi) is 6.26. The van der Waals surface area contributed by atoms with Crippen molar-refractivity contribution in [2.24, 2.45) is 0 Å². The number of amides is 2. The summed E-state index contributed by atoms with van der Waals surface area (Å²) in [6, 6.07) is 8.56. The van der Waals surface area contributed by atoms with Crippen LogP contribution in [0.3, 0.4) is 0 Å². The van der Waals surface area contributed by atoms with Crippen molar-refractivity contribution >= 4 is 17.7 Å². The highest BCUT2D eigenvalue weighted by Gasteiger charge is 2.52. The van der Waals surface area contributed by atoms with Crippen LogP contribution in [0.5, 0.6) is 5.75 Å². The molecule has 1 heterocycles. The molecular formula is C24H24F3N3O4. The van der Waals surface area contributed by atoms with E-state index in [-0.39, 0.29) is 12.2 Å². The number of hydrogen-bond donors (Lipinski definition) is 1. The third kappa shape index (κ3) is 4.64. The Bertz CT molecular complexity index is 1180. The molecule has 7 nitrogen and oxygen atoms in total. The number of fused-ring (bicyclic) bond motifs is 1. The predicted molar refractivity (Wildman–Crippen MR) is 117 cm³/mol. The van der Waals surface area contributed by atoms with Crippen LogP contribution < -0.4 is 10.1 Å². The van der Waals surface area contributed by atoms with Crippen molar-refractivity contribution in [3.63, 3.8) is 0 Å². The molecule has 0 bridgehead atoms. The average Bonchev–Trinajstić information content (AvgIpc) is 3.05. The van der Waals surface area contributed by atoms with Crippen LogP contribution in [-0.2, 0) is 27.8 Å². The number of anilines is 1. The molecule has 1 unspecified atom stereocenters. The highest BCUT2D eigenvalue weighted by molar-refractivity contribution is 5.96. The second-order valence-electron chi connectivity index (χ2n) is 8.98. The number of carbonyl (C=O) groups is 2. The van der Waals surface area contributed by atoms with Gasteiger partial charge in [0, 0.05) is 12.2 Å². The molecule has 1 aliphatic heterocycles. The lowest BCUT2D eigenvalue weighted by molar-refractivity contribution is -0.167. The second kappa shape index (κ2) is 8.56. The Morgan fingerprint density at radius 3 is 2.38 bits per heavy atom. The number of esters is 1. The fourth-order valence-electron chi connectivity index (χ4n) is 3.79. The summed E-state index contributed by atoms with van der Waals surface area (Å²) in [7, 11) is 1.48. The molecule has 0 saturated carbocycles. The van der Waals surface area contributed by atoms with Crippen molar-refractivity contribution in [1.82, 2.24) is 4.90 Å². The van der Waals surface area contributed by atoms with Crippen LogP contribution in [0, 0.1) is 11.3 Å². The minimum absolute atomic E-state index is 0.00346. The molecule has 2 aromatic carbocycles. The van der Waals surface area contributed by atoms with Crippen molar-refractivity contribution in [2.45, 2.75) is 51.6 Å². The first-order valence-corrected chi connectivity index (χ1v) is 10.3. The number of nitrogens with zero attached hydrogens (tertiary/aromatic N) is 2. The molecule has 3 rings (SSSR count). The number of methoxy groups -OCH3 is 1. The van der Waals surface area contributed by atoms with Crippen molar-refractivity contribution < 1.29 is 32.2 Å². The van der Waals surface area contributed by atoms with Gasteiger partial charge >= 0.3 is 18.2 Å². The van der Waals surface area contributed by atoms with E-state index in [0.717, 1.165) is 6.07 Å². The predicted octanol–water partition coefficient (Wildman–Crippen LogP) is 5.19. The zero-order chi connectivity index (χ0) is 25.5. The van der Waals surface area contributed by atoms with E-state index in [1.807, 2.05) is 0 Å². The number of nitrogens with one attached hydrogen (secondary N) is 1. The quantitative estimate of drug-likeness (QED) is 0.617. The fourth-order valence-corrected chi connectivity index (χ4v) is 3.79. The van der Waals surface area contributed by atoms with Gasteiger partial charge in [0.05, 0.1) is 24.3 Å². The number of carbonyl (C=O) groups excluding carboxylic acids is 2. The molecule has 1 atom stereocenters. The number of urea groups is 1. The lowest BCUT2D eigenvalue weighted by Crippen LogP contribution is -2.52. The van der Waals surface area contributed by atoms with Crippen LogP contribution in [0.2, 0.25) is 0 Å². The number of alkyl halides is 3. The zero-order valence-electron chi connectivity index (χ0n) is 19.3. The summed E-state index contributed by atoms with van der Waals surface area (Å²) < 4.78 is 50.9. The minimum atomic E-state index is -4.78. The molecule has 2 aromatic rings. The molecule has 0 aliphatic carbocycles.